The van der Waals surface area contributed by atoms with E-state index in [0.717, 1.165) is 17.1 Å². The second kappa shape index (κ2) is 13.8. The van der Waals surface area contributed by atoms with E-state index in [1.807, 2.05) is 11.3 Å². The van der Waals surface area contributed by atoms with E-state index in [2.05, 4.69) is 228 Å². The molecular weight excluding hydrogens is 709 g/mol. The Hall–Kier alpha value is -7.20. The summed E-state index contributed by atoms with van der Waals surface area (Å²) in [5.74, 6) is 0. The van der Waals surface area contributed by atoms with Crippen molar-refractivity contribution in [2.24, 2.45) is 0 Å². The van der Waals surface area contributed by atoms with Crippen LogP contribution in [0.15, 0.2) is 218 Å². The lowest BCUT2D eigenvalue weighted by molar-refractivity contribution is 1.19. The van der Waals surface area contributed by atoms with Gasteiger partial charge in [0.05, 0.1) is 15.7 Å². The van der Waals surface area contributed by atoms with Crippen molar-refractivity contribution in [3.63, 3.8) is 0 Å². The summed E-state index contributed by atoms with van der Waals surface area (Å²) in [4.78, 5) is 2.38. The number of hydrogen-bond acceptors (Lipinski definition) is 2. The van der Waals surface area contributed by atoms with Crippen molar-refractivity contribution in [3.05, 3.63) is 218 Å². The summed E-state index contributed by atoms with van der Waals surface area (Å²) in [6.07, 6.45) is 0. The smallest absolute Gasteiger partial charge is 0.0727 e. The van der Waals surface area contributed by atoms with Gasteiger partial charge in [-0.3, -0.25) is 0 Å². The lowest BCUT2D eigenvalue weighted by atomic mass is 10.00. The molecule has 0 aliphatic rings. The number of thiophene rings is 1. The predicted molar refractivity (Wildman–Crippen MR) is 245 cm³/mol. The Balaban J connectivity index is 1.04. The summed E-state index contributed by atoms with van der Waals surface area (Å²) >= 11 is 1.90. The summed E-state index contributed by atoms with van der Waals surface area (Å²) in [7, 11) is 0. The molecule has 57 heavy (non-hydrogen) atoms. The maximum Gasteiger partial charge on any atom is 0.0727 e. The number of anilines is 3. The molecule has 2 nitrogen and oxygen atoms in total. The largest absolute Gasteiger partial charge is 0.310 e. The van der Waals surface area contributed by atoms with E-state index in [9.17, 15) is 0 Å². The fourth-order valence-electron chi connectivity index (χ4n) is 8.43. The van der Waals surface area contributed by atoms with Gasteiger partial charge in [-0.05, 0) is 105 Å². The van der Waals surface area contributed by atoms with Gasteiger partial charge in [0.2, 0.25) is 0 Å². The molecule has 268 valence electrons. The summed E-state index contributed by atoms with van der Waals surface area (Å²) in [6.45, 7) is 0. The van der Waals surface area contributed by atoms with Crippen LogP contribution in [0.1, 0.15) is 0 Å². The van der Waals surface area contributed by atoms with E-state index in [-0.39, 0.29) is 0 Å². The third-order valence-corrected chi connectivity index (χ3v) is 12.4. The molecule has 9 aromatic carbocycles. The van der Waals surface area contributed by atoms with Crippen molar-refractivity contribution in [1.82, 2.24) is 4.57 Å². The van der Waals surface area contributed by atoms with Crippen LogP contribution in [-0.2, 0) is 0 Å². The van der Waals surface area contributed by atoms with Crippen LogP contribution >= 0.6 is 11.3 Å². The monoisotopic (exact) mass is 744 g/mol. The Kier molecular flexibility index (Phi) is 8.04. The number of hydrogen-bond donors (Lipinski definition) is 0. The van der Waals surface area contributed by atoms with E-state index < -0.39 is 0 Å². The Bertz CT molecular complexity index is 3210. The van der Waals surface area contributed by atoms with Crippen LogP contribution in [0.2, 0.25) is 0 Å². The average Bonchev–Trinajstić information content (AvgIpc) is 3.83. The van der Waals surface area contributed by atoms with Gasteiger partial charge in [0.25, 0.3) is 0 Å². The van der Waals surface area contributed by atoms with E-state index in [1.54, 1.807) is 0 Å². The maximum absolute atomic E-state index is 2.44. The van der Waals surface area contributed by atoms with Gasteiger partial charge in [0.15, 0.2) is 0 Å². The van der Waals surface area contributed by atoms with Crippen molar-refractivity contribution in [2.75, 3.05) is 4.90 Å². The van der Waals surface area contributed by atoms with Crippen LogP contribution in [0.5, 0.6) is 0 Å². The number of nitrogens with zero attached hydrogens (tertiary/aromatic N) is 2. The number of fused-ring (bicyclic) bond motifs is 6. The van der Waals surface area contributed by atoms with Crippen LogP contribution in [-0.4, -0.2) is 4.57 Å². The normalized spacial score (nSPS) is 11.5. The van der Waals surface area contributed by atoms with E-state index in [4.69, 9.17) is 0 Å². The van der Waals surface area contributed by atoms with Gasteiger partial charge in [0.1, 0.15) is 0 Å². The Morgan fingerprint density at radius 3 is 1.70 bits per heavy atom. The predicted octanol–water partition coefficient (Wildman–Crippen LogP) is 15.6. The quantitative estimate of drug-likeness (QED) is 0.158. The molecule has 11 aromatic rings. The third kappa shape index (κ3) is 5.80. The van der Waals surface area contributed by atoms with Crippen LogP contribution in [0.3, 0.4) is 0 Å². The molecule has 3 heteroatoms. The van der Waals surface area contributed by atoms with Gasteiger partial charge in [0, 0.05) is 38.2 Å². The highest BCUT2D eigenvalue weighted by atomic mass is 32.1. The molecule has 11 rings (SSSR count). The van der Waals surface area contributed by atoms with Gasteiger partial charge >= 0.3 is 0 Å². The zero-order valence-corrected chi connectivity index (χ0v) is 31.9. The fraction of sp³-hybridized carbons (Fsp3) is 0. The van der Waals surface area contributed by atoms with Crippen molar-refractivity contribution in [1.29, 1.82) is 0 Å². The van der Waals surface area contributed by atoms with Crippen molar-refractivity contribution in [3.8, 4) is 39.1 Å². The number of para-hydroxylation sites is 2. The first-order valence-corrected chi connectivity index (χ1v) is 20.2. The van der Waals surface area contributed by atoms with Crippen molar-refractivity contribution in [2.45, 2.75) is 0 Å². The molecule has 2 aromatic heterocycles. The minimum atomic E-state index is 1.10. The zero-order chi connectivity index (χ0) is 37.7. The lowest BCUT2D eigenvalue weighted by Crippen LogP contribution is -2.10. The molecule has 0 atom stereocenters. The number of aromatic nitrogens is 1. The minimum Gasteiger partial charge on any atom is -0.310 e. The summed E-state index contributed by atoms with van der Waals surface area (Å²) < 4.78 is 5.06. The van der Waals surface area contributed by atoms with Gasteiger partial charge in [-0.2, -0.15) is 0 Å². The molecule has 0 amide bonds. The van der Waals surface area contributed by atoms with Crippen molar-refractivity contribution < 1.29 is 0 Å². The first-order valence-electron chi connectivity index (χ1n) is 19.4. The Labute approximate surface area is 335 Å². The van der Waals surface area contributed by atoms with Crippen LogP contribution in [0.25, 0.3) is 81.0 Å². The molecular formula is C54H36N2S. The molecule has 0 fully saturated rings. The number of benzene rings is 9. The molecule has 0 N–H and O–H groups in total. The van der Waals surface area contributed by atoms with Crippen LogP contribution < -0.4 is 4.90 Å². The highest BCUT2D eigenvalue weighted by molar-refractivity contribution is 7.27. The highest BCUT2D eigenvalue weighted by Gasteiger charge is 2.20. The van der Waals surface area contributed by atoms with Gasteiger partial charge in [-0.1, -0.05) is 158 Å². The van der Waals surface area contributed by atoms with Gasteiger partial charge < -0.3 is 9.47 Å². The molecule has 0 saturated carbocycles. The molecule has 2 heterocycles. The molecule has 0 aliphatic carbocycles. The van der Waals surface area contributed by atoms with Crippen LogP contribution in [0, 0.1) is 0 Å². The maximum atomic E-state index is 2.44. The van der Waals surface area contributed by atoms with E-state index in [1.165, 1.54) is 81.0 Å². The van der Waals surface area contributed by atoms with E-state index in [0.29, 0.717) is 0 Å². The van der Waals surface area contributed by atoms with Crippen molar-refractivity contribution >= 4 is 70.4 Å². The topological polar surface area (TPSA) is 8.17 Å². The van der Waals surface area contributed by atoms with Crippen LogP contribution in [0.4, 0.5) is 17.1 Å². The first kappa shape index (κ1) is 33.2. The van der Waals surface area contributed by atoms with E-state index >= 15 is 0 Å². The molecule has 0 spiro atoms. The second-order valence-corrected chi connectivity index (χ2v) is 15.6. The average molecular weight is 745 g/mol. The minimum absolute atomic E-state index is 1.10. The molecule has 0 saturated heterocycles. The third-order valence-electron chi connectivity index (χ3n) is 11.2. The molecule has 0 aliphatic heterocycles. The second-order valence-electron chi connectivity index (χ2n) is 14.6. The lowest BCUT2D eigenvalue weighted by Gasteiger charge is -2.26. The summed E-state index contributed by atoms with van der Waals surface area (Å²) in [6, 6.07) is 79.2. The van der Waals surface area contributed by atoms with Gasteiger partial charge in [-0.25, -0.2) is 0 Å². The molecule has 0 unspecified atom stereocenters. The first-order chi connectivity index (χ1) is 28.3. The summed E-state index contributed by atoms with van der Waals surface area (Å²) in [5.41, 5.74) is 14.2. The molecule has 0 radical (unpaired) electrons. The SMILES string of the molecule is c1ccc(-c2ccc(N(c3ccc(-c4ccc5ccccc5c4)cc3)c3cccc(-c4cccc5c4sc4c6ccccc6n(-c6ccccc6)c54)c3)cc2)cc1. The summed E-state index contributed by atoms with van der Waals surface area (Å²) in [5, 5.41) is 5.06. The zero-order valence-electron chi connectivity index (χ0n) is 31.1. The number of rotatable bonds is 7. The fourth-order valence-corrected chi connectivity index (χ4v) is 9.78. The highest BCUT2D eigenvalue weighted by Crippen LogP contribution is 2.46. The Morgan fingerprint density at radius 2 is 0.930 bits per heavy atom. The Morgan fingerprint density at radius 1 is 0.351 bits per heavy atom. The van der Waals surface area contributed by atoms with Gasteiger partial charge in [-0.15, -0.1) is 11.3 Å². The standard InChI is InChI=1S/C54H36N2S/c1-3-13-37(14-4-1)39-27-31-45(32-28-39)55(46-33-29-40(30-34-46)42-26-25-38-15-7-8-16-41(38)35-42)47-20-11-17-43(36-47)48-22-12-23-50-52-54(57-53(48)50)49-21-9-10-24-51(49)56(52)44-18-5-2-6-19-44/h1-36H. The molecule has 0 bridgehead atoms.